The van der Waals surface area contributed by atoms with Crippen molar-refractivity contribution in [3.05, 3.63) is 255 Å². The van der Waals surface area contributed by atoms with Crippen LogP contribution in [0.1, 0.15) is 0 Å². The fraction of sp³-hybridized carbons (Fsp3) is 0. The van der Waals surface area contributed by atoms with E-state index in [1.807, 2.05) is 60.7 Å². The lowest BCUT2D eigenvalue weighted by molar-refractivity contribution is 0.668. The molecule has 15 aromatic rings. The van der Waals surface area contributed by atoms with Gasteiger partial charge in [-0.1, -0.05) is 194 Å². The minimum absolute atomic E-state index is 0.548. The molecule has 0 bridgehead atoms. The van der Waals surface area contributed by atoms with Crippen molar-refractivity contribution in [1.82, 2.24) is 19.5 Å². The molecule has 0 fully saturated rings. The maximum absolute atomic E-state index is 6.76. The Labute approximate surface area is 431 Å². The van der Waals surface area contributed by atoms with Gasteiger partial charge in [0.25, 0.3) is 0 Å². The summed E-state index contributed by atoms with van der Waals surface area (Å²) in [5.41, 5.74) is 17.9. The van der Waals surface area contributed by atoms with E-state index in [2.05, 4.69) is 199 Å². The number of hydrogen-bond donors (Lipinski definition) is 0. The average Bonchev–Trinajstić information content (AvgIpc) is 4.18. The molecule has 0 spiro atoms. The van der Waals surface area contributed by atoms with Crippen LogP contribution in [0, 0.1) is 0 Å². The molecule has 11 aromatic carbocycles. The first-order chi connectivity index (χ1) is 37.1. The number of benzene rings is 11. The largest absolute Gasteiger partial charge is 0.456 e. The molecule has 0 N–H and O–H groups in total. The van der Waals surface area contributed by atoms with Gasteiger partial charge in [0.05, 0.1) is 16.7 Å². The van der Waals surface area contributed by atoms with Crippen molar-refractivity contribution >= 4 is 65.7 Å². The fourth-order valence-electron chi connectivity index (χ4n) is 11.1. The van der Waals surface area contributed by atoms with Crippen LogP contribution < -0.4 is 0 Å². The van der Waals surface area contributed by atoms with Crippen LogP contribution in [-0.4, -0.2) is 19.5 Å². The first-order valence-electron chi connectivity index (χ1n) is 25.2. The molecule has 350 valence electrons. The lowest BCUT2D eigenvalue weighted by Gasteiger charge is -2.16. The first-order valence-corrected chi connectivity index (χ1v) is 25.2. The minimum Gasteiger partial charge on any atom is -0.456 e. The summed E-state index contributed by atoms with van der Waals surface area (Å²) in [6.07, 6.45) is 0. The molecule has 6 heteroatoms. The van der Waals surface area contributed by atoms with Crippen molar-refractivity contribution in [2.45, 2.75) is 0 Å². The van der Waals surface area contributed by atoms with Crippen LogP contribution in [0.25, 0.3) is 150 Å². The van der Waals surface area contributed by atoms with Gasteiger partial charge in [0.15, 0.2) is 17.5 Å². The van der Waals surface area contributed by atoms with E-state index in [0.717, 1.165) is 111 Å². The topological polar surface area (TPSA) is 69.9 Å². The Balaban J connectivity index is 0.941. The van der Waals surface area contributed by atoms with E-state index in [9.17, 15) is 0 Å². The molecule has 15 rings (SSSR count). The Morgan fingerprint density at radius 1 is 0.253 bits per heavy atom. The first kappa shape index (κ1) is 42.5. The quantitative estimate of drug-likeness (QED) is 0.152. The minimum atomic E-state index is 0.548. The lowest BCUT2D eigenvalue weighted by Crippen LogP contribution is -2.00. The van der Waals surface area contributed by atoms with E-state index in [0.29, 0.717) is 17.5 Å². The molecule has 4 aromatic heterocycles. The summed E-state index contributed by atoms with van der Waals surface area (Å²) in [4.78, 5) is 15.6. The summed E-state index contributed by atoms with van der Waals surface area (Å²) in [7, 11) is 0. The monoisotopic (exact) mass is 958 g/mol. The molecule has 6 nitrogen and oxygen atoms in total. The predicted molar refractivity (Wildman–Crippen MR) is 307 cm³/mol. The van der Waals surface area contributed by atoms with Gasteiger partial charge < -0.3 is 13.4 Å². The molecular formula is C69H42N4O2. The second-order valence-corrected chi connectivity index (χ2v) is 19.1. The molecular weight excluding hydrogens is 917 g/mol. The van der Waals surface area contributed by atoms with Crippen LogP contribution >= 0.6 is 0 Å². The Bertz CT molecular complexity index is 4690. The van der Waals surface area contributed by atoms with Crippen LogP contribution in [-0.2, 0) is 0 Å². The molecule has 0 saturated heterocycles. The van der Waals surface area contributed by atoms with Gasteiger partial charge in [0, 0.05) is 60.6 Å². The van der Waals surface area contributed by atoms with Gasteiger partial charge in [0.1, 0.15) is 22.3 Å². The van der Waals surface area contributed by atoms with Crippen molar-refractivity contribution in [3.8, 4) is 84.4 Å². The Kier molecular flexibility index (Phi) is 9.78. The maximum Gasteiger partial charge on any atom is 0.164 e. The van der Waals surface area contributed by atoms with Crippen LogP contribution in [0.5, 0.6) is 0 Å². The van der Waals surface area contributed by atoms with E-state index in [-0.39, 0.29) is 0 Å². The highest BCUT2D eigenvalue weighted by atomic mass is 16.3. The van der Waals surface area contributed by atoms with Crippen molar-refractivity contribution in [1.29, 1.82) is 0 Å². The van der Waals surface area contributed by atoms with Crippen LogP contribution in [0.15, 0.2) is 264 Å². The SMILES string of the molecule is c1ccc(-c2ccc(-c3nc(-c4ccccc4)nc(-c4cc(-c5cccc(-c6cc7c(cc6-n6c8ccccc8c8cc(-c9ccccc9)ccc86)oc6ccccc67)c5)c5c(c4)oc4ccccc45)n3)cc2)cc1. The predicted octanol–water partition coefficient (Wildman–Crippen LogP) is 18.4. The van der Waals surface area contributed by atoms with Crippen LogP contribution in [0.2, 0.25) is 0 Å². The van der Waals surface area contributed by atoms with E-state index in [1.165, 1.54) is 21.9 Å². The van der Waals surface area contributed by atoms with Gasteiger partial charge in [-0.05, 0) is 93.5 Å². The Morgan fingerprint density at radius 2 is 0.747 bits per heavy atom. The van der Waals surface area contributed by atoms with Gasteiger partial charge in [-0.25, -0.2) is 15.0 Å². The summed E-state index contributed by atoms with van der Waals surface area (Å²) in [6, 6.07) is 89.4. The number of rotatable bonds is 8. The maximum atomic E-state index is 6.76. The number of nitrogens with zero attached hydrogens (tertiary/aromatic N) is 4. The average molecular weight is 959 g/mol. The van der Waals surface area contributed by atoms with Gasteiger partial charge >= 0.3 is 0 Å². The van der Waals surface area contributed by atoms with Crippen molar-refractivity contribution < 1.29 is 8.83 Å². The van der Waals surface area contributed by atoms with Gasteiger partial charge in [-0.15, -0.1) is 0 Å². The zero-order chi connectivity index (χ0) is 49.4. The molecule has 0 saturated carbocycles. The number of hydrogen-bond acceptors (Lipinski definition) is 5. The number of furan rings is 2. The van der Waals surface area contributed by atoms with E-state index in [1.54, 1.807) is 0 Å². The smallest absolute Gasteiger partial charge is 0.164 e. The van der Waals surface area contributed by atoms with Gasteiger partial charge in [-0.3, -0.25) is 0 Å². The third-order valence-corrected chi connectivity index (χ3v) is 14.7. The van der Waals surface area contributed by atoms with Crippen LogP contribution in [0.3, 0.4) is 0 Å². The van der Waals surface area contributed by atoms with E-state index < -0.39 is 0 Å². The highest BCUT2D eigenvalue weighted by Gasteiger charge is 2.23. The molecule has 0 atom stereocenters. The molecule has 75 heavy (non-hydrogen) atoms. The standard InChI is InChI=1S/C69H42N4O2/c1-4-17-43(18-5-1)45-31-33-47(34-32-45)68-70-67(46-21-8-3-9-22-46)71-69(72-68)51-39-56(66-54-27-12-15-30-63(54)75-65(66)40-51)50-24-16-23-49(37-50)55-41-58-53-26-11-14-29-62(53)74-64(58)42-61(55)73-59-28-13-10-25-52(59)57-38-48(35-36-60(57)73)44-19-6-2-7-20-44/h1-42H. The highest BCUT2D eigenvalue weighted by Crippen LogP contribution is 2.45. The summed E-state index contributed by atoms with van der Waals surface area (Å²) in [5.74, 6) is 1.72. The highest BCUT2D eigenvalue weighted by molar-refractivity contribution is 6.15. The molecule has 4 heterocycles. The second kappa shape index (κ2) is 17.3. The van der Waals surface area contributed by atoms with E-state index >= 15 is 0 Å². The molecule has 0 aliphatic heterocycles. The summed E-state index contributed by atoms with van der Waals surface area (Å²) in [6.45, 7) is 0. The molecule has 0 amide bonds. The van der Waals surface area contributed by atoms with E-state index in [4.69, 9.17) is 23.8 Å². The molecule has 0 unspecified atom stereocenters. The Morgan fingerprint density at radius 3 is 1.47 bits per heavy atom. The van der Waals surface area contributed by atoms with Crippen molar-refractivity contribution in [2.24, 2.45) is 0 Å². The third kappa shape index (κ3) is 7.22. The number of fused-ring (bicyclic) bond motifs is 9. The van der Waals surface area contributed by atoms with Crippen molar-refractivity contribution in [3.63, 3.8) is 0 Å². The lowest BCUT2D eigenvalue weighted by atomic mass is 9.93. The van der Waals surface area contributed by atoms with Crippen molar-refractivity contribution in [2.75, 3.05) is 0 Å². The molecule has 0 aliphatic rings. The zero-order valence-corrected chi connectivity index (χ0v) is 40.4. The van der Waals surface area contributed by atoms with Crippen LogP contribution in [0.4, 0.5) is 0 Å². The summed E-state index contributed by atoms with van der Waals surface area (Å²) in [5, 5.41) is 6.55. The summed E-state index contributed by atoms with van der Waals surface area (Å²) < 4.78 is 15.8. The number of para-hydroxylation sites is 3. The summed E-state index contributed by atoms with van der Waals surface area (Å²) >= 11 is 0. The zero-order valence-electron chi connectivity index (χ0n) is 40.4. The third-order valence-electron chi connectivity index (χ3n) is 14.7. The molecule has 0 aliphatic carbocycles. The normalized spacial score (nSPS) is 11.7. The number of aromatic nitrogens is 4. The Hall–Kier alpha value is -10.2. The molecule has 0 radical (unpaired) electrons. The van der Waals surface area contributed by atoms with Gasteiger partial charge in [0.2, 0.25) is 0 Å². The fourth-order valence-corrected chi connectivity index (χ4v) is 11.1. The second-order valence-electron chi connectivity index (χ2n) is 19.1. The van der Waals surface area contributed by atoms with Gasteiger partial charge in [-0.2, -0.15) is 0 Å².